The summed E-state index contributed by atoms with van der Waals surface area (Å²) in [4.78, 5) is 66.6. The molecule has 12 nitrogen and oxygen atoms in total. The lowest BCUT2D eigenvalue weighted by molar-refractivity contribution is -0.163. The van der Waals surface area contributed by atoms with Crippen LogP contribution in [0.25, 0.3) is 0 Å². The summed E-state index contributed by atoms with van der Waals surface area (Å²) in [5.74, 6) is -2.69. The molecule has 2 fully saturated rings. The van der Waals surface area contributed by atoms with E-state index in [9.17, 15) is 29.1 Å². The highest BCUT2D eigenvalue weighted by Gasteiger charge is 2.37. The molecule has 2 aliphatic rings. The van der Waals surface area contributed by atoms with E-state index in [1.807, 2.05) is 26.8 Å². The molecule has 1 aliphatic heterocycles. The Bertz CT molecular complexity index is 1250. The number of esters is 2. The van der Waals surface area contributed by atoms with Crippen LogP contribution in [0.1, 0.15) is 111 Å². The van der Waals surface area contributed by atoms with Gasteiger partial charge in [0.05, 0.1) is 6.04 Å². The van der Waals surface area contributed by atoms with Crippen LogP contribution >= 0.6 is 0 Å². The van der Waals surface area contributed by atoms with Crippen molar-refractivity contribution in [1.29, 1.82) is 0 Å². The average molecular weight is 688 g/mol. The van der Waals surface area contributed by atoms with E-state index in [4.69, 9.17) is 14.2 Å². The van der Waals surface area contributed by atoms with Gasteiger partial charge in [0.15, 0.2) is 6.10 Å². The average Bonchev–Trinajstić information content (AvgIpc) is 3.00. The summed E-state index contributed by atoms with van der Waals surface area (Å²) in [6, 6.07) is 5.50. The van der Waals surface area contributed by atoms with Crippen molar-refractivity contribution in [2.24, 2.45) is 11.3 Å². The topological polar surface area (TPSA) is 169 Å². The van der Waals surface area contributed by atoms with E-state index >= 15 is 0 Å². The molecular formula is C37H57N3O9. The number of nitrogens with one attached hydrogen (secondary N) is 3. The van der Waals surface area contributed by atoms with Crippen LogP contribution in [-0.4, -0.2) is 77.5 Å². The number of carbonyl (C=O) groups excluding carboxylic acids is 5. The van der Waals surface area contributed by atoms with Crippen LogP contribution in [0.5, 0.6) is 0 Å². The summed E-state index contributed by atoms with van der Waals surface area (Å²) in [5, 5.41) is 19.4. The molecule has 3 amide bonds. The molecule has 2 unspecified atom stereocenters. The number of cyclic esters (lactones) is 2. The molecule has 3 rings (SSSR count). The van der Waals surface area contributed by atoms with Gasteiger partial charge in [0.2, 0.25) is 11.8 Å². The first-order chi connectivity index (χ1) is 23.0. The first-order valence-electron chi connectivity index (χ1n) is 17.7. The molecule has 274 valence electrons. The summed E-state index contributed by atoms with van der Waals surface area (Å²) in [6.45, 7) is 10.7. The van der Waals surface area contributed by atoms with Gasteiger partial charge in [0, 0.05) is 12.8 Å². The number of hydrogen-bond acceptors (Lipinski definition) is 9. The van der Waals surface area contributed by atoms with Crippen LogP contribution in [-0.2, 0) is 39.8 Å². The standard InChI is InChI=1S/C37H57N3O9/c1-36(2,3)22-26-18-13-19-30(41)47-23-29(33(44)38-27(31(42)34(45)48-26)20-24-14-9-7-10-15-24)39-32(43)28(21-25-16-11-8-12-17-25)40-35(46)49-37(4,5)6/h8,11-12,16-17,24,26-29,31,42H,7,9-10,13-15,18-23H2,1-6H3,(H,38,44)(H,39,43)(H,40,46)/t26?,27-,28-,29?,31+/m0/s1. The zero-order chi connectivity index (χ0) is 36.2. The van der Waals surface area contributed by atoms with Crippen molar-refractivity contribution in [2.45, 2.75) is 148 Å². The van der Waals surface area contributed by atoms with Crippen molar-refractivity contribution in [1.82, 2.24) is 16.0 Å². The smallest absolute Gasteiger partial charge is 0.408 e. The third kappa shape index (κ3) is 14.8. The number of hydrogen-bond donors (Lipinski definition) is 4. The van der Waals surface area contributed by atoms with Crippen LogP contribution in [0.3, 0.4) is 0 Å². The predicted molar refractivity (Wildman–Crippen MR) is 183 cm³/mol. The molecule has 0 radical (unpaired) electrons. The van der Waals surface area contributed by atoms with Gasteiger partial charge in [-0.3, -0.25) is 14.4 Å². The highest BCUT2D eigenvalue weighted by Crippen LogP contribution is 2.29. The van der Waals surface area contributed by atoms with E-state index < -0.39 is 72.4 Å². The summed E-state index contributed by atoms with van der Waals surface area (Å²) in [5.41, 5.74) is -0.252. The van der Waals surface area contributed by atoms with Crippen molar-refractivity contribution in [3.05, 3.63) is 35.9 Å². The zero-order valence-corrected chi connectivity index (χ0v) is 30.0. The molecule has 1 saturated heterocycles. The number of amides is 3. The van der Waals surface area contributed by atoms with Gasteiger partial charge in [0.1, 0.15) is 30.4 Å². The predicted octanol–water partition coefficient (Wildman–Crippen LogP) is 4.50. The molecule has 12 heteroatoms. The van der Waals surface area contributed by atoms with Gasteiger partial charge in [-0.25, -0.2) is 9.59 Å². The molecule has 1 aliphatic carbocycles. The number of alkyl carbamates (subject to hydrolysis) is 1. The van der Waals surface area contributed by atoms with Gasteiger partial charge < -0.3 is 35.3 Å². The third-order valence-electron chi connectivity index (χ3n) is 8.63. The molecule has 1 aromatic carbocycles. The minimum Gasteiger partial charge on any atom is -0.463 e. The molecule has 1 aromatic rings. The largest absolute Gasteiger partial charge is 0.463 e. The number of benzene rings is 1. The maximum atomic E-state index is 13.9. The lowest BCUT2D eigenvalue weighted by Gasteiger charge is -2.32. The summed E-state index contributed by atoms with van der Waals surface area (Å²) in [6.07, 6.45) is 3.64. The van der Waals surface area contributed by atoms with Gasteiger partial charge in [0.25, 0.3) is 0 Å². The Kier molecular flexibility index (Phi) is 14.9. The van der Waals surface area contributed by atoms with Crippen molar-refractivity contribution in [3.63, 3.8) is 0 Å². The normalized spacial score (nSPS) is 24.3. The molecule has 0 aromatic heterocycles. The maximum Gasteiger partial charge on any atom is 0.408 e. The van der Waals surface area contributed by atoms with E-state index in [0.717, 1.165) is 37.7 Å². The minimum atomic E-state index is -1.64. The van der Waals surface area contributed by atoms with Gasteiger partial charge in [-0.2, -0.15) is 0 Å². The Morgan fingerprint density at radius 1 is 0.980 bits per heavy atom. The molecule has 49 heavy (non-hydrogen) atoms. The van der Waals surface area contributed by atoms with Crippen LogP contribution in [0.15, 0.2) is 30.3 Å². The summed E-state index contributed by atoms with van der Waals surface area (Å²) in [7, 11) is 0. The lowest BCUT2D eigenvalue weighted by atomic mass is 9.83. The van der Waals surface area contributed by atoms with Crippen molar-refractivity contribution in [2.75, 3.05) is 6.61 Å². The number of rotatable bonds is 8. The number of aliphatic hydroxyl groups excluding tert-OH is 1. The molecule has 5 atom stereocenters. The van der Waals surface area contributed by atoms with Gasteiger partial charge in [-0.1, -0.05) is 83.2 Å². The second-order valence-electron chi connectivity index (χ2n) is 15.6. The summed E-state index contributed by atoms with van der Waals surface area (Å²) >= 11 is 0. The van der Waals surface area contributed by atoms with E-state index in [2.05, 4.69) is 16.0 Å². The molecule has 1 saturated carbocycles. The second-order valence-corrected chi connectivity index (χ2v) is 15.6. The highest BCUT2D eigenvalue weighted by molar-refractivity contribution is 5.92. The first-order valence-corrected chi connectivity index (χ1v) is 17.7. The van der Waals surface area contributed by atoms with E-state index in [1.54, 1.807) is 45.0 Å². The van der Waals surface area contributed by atoms with Crippen molar-refractivity contribution >= 4 is 29.8 Å². The zero-order valence-electron chi connectivity index (χ0n) is 30.0. The monoisotopic (exact) mass is 687 g/mol. The molecule has 1 heterocycles. The second kappa shape index (κ2) is 18.4. The van der Waals surface area contributed by atoms with Crippen LogP contribution in [0.4, 0.5) is 4.79 Å². The molecular weight excluding hydrogens is 630 g/mol. The Labute approximate surface area is 290 Å². The SMILES string of the molecule is CC(C)(C)CC1CCCC(=O)OCC(NC(=O)[C@H](Cc2ccccc2)NC(=O)OC(C)(C)C)C(=O)N[C@@H](CC2CCCCC2)[C@@H](O)C(=O)O1. The number of carbonyl (C=O) groups is 5. The number of ether oxygens (including phenoxy) is 3. The lowest BCUT2D eigenvalue weighted by Crippen LogP contribution is -2.59. The van der Waals surface area contributed by atoms with Gasteiger partial charge in [-0.15, -0.1) is 0 Å². The van der Waals surface area contributed by atoms with E-state index in [-0.39, 0.29) is 24.2 Å². The van der Waals surface area contributed by atoms with E-state index in [1.165, 1.54) is 0 Å². The van der Waals surface area contributed by atoms with Crippen LogP contribution in [0, 0.1) is 11.3 Å². The van der Waals surface area contributed by atoms with Gasteiger partial charge >= 0.3 is 18.0 Å². The quantitative estimate of drug-likeness (QED) is 0.227. The highest BCUT2D eigenvalue weighted by atomic mass is 16.6. The minimum absolute atomic E-state index is 0.00414. The Balaban J connectivity index is 1.88. The maximum absolute atomic E-state index is 13.9. The van der Waals surface area contributed by atoms with E-state index in [0.29, 0.717) is 25.7 Å². The number of aliphatic hydroxyl groups is 1. The first kappa shape index (κ1) is 39.8. The summed E-state index contributed by atoms with van der Waals surface area (Å²) < 4.78 is 16.7. The molecule has 0 spiro atoms. The fraction of sp³-hybridized carbons (Fsp3) is 0.703. The molecule has 4 N–H and O–H groups in total. The van der Waals surface area contributed by atoms with Crippen LogP contribution < -0.4 is 16.0 Å². The fourth-order valence-corrected chi connectivity index (χ4v) is 6.30. The Morgan fingerprint density at radius 2 is 1.65 bits per heavy atom. The van der Waals surface area contributed by atoms with Gasteiger partial charge in [-0.05, 0) is 63.4 Å². The Morgan fingerprint density at radius 3 is 2.29 bits per heavy atom. The Hall–Kier alpha value is -3.67. The molecule has 0 bridgehead atoms. The third-order valence-corrected chi connectivity index (χ3v) is 8.63. The van der Waals surface area contributed by atoms with Crippen molar-refractivity contribution < 1.29 is 43.3 Å². The van der Waals surface area contributed by atoms with Crippen LogP contribution in [0.2, 0.25) is 0 Å². The fourth-order valence-electron chi connectivity index (χ4n) is 6.30. The van der Waals surface area contributed by atoms with Crippen molar-refractivity contribution in [3.8, 4) is 0 Å².